The van der Waals surface area contributed by atoms with Crippen LogP contribution in [0, 0.1) is 0 Å². The van der Waals surface area contributed by atoms with Crippen molar-refractivity contribution in [2.24, 2.45) is 10.9 Å². The molecule has 0 amide bonds. The first-order chi connectivity index (χ1) is 7.48. The molecule has 90 valence electrons. The van der Waals surface area contributed by atoms with Crippen LogP contribution in [0.5, 0.6) is 0 Å². The summed E-state index contributed by atoms with van der Waals surface area (Å²) in [6.07, 6.45) is 2.33. The molecule has 7 nitrogen and oxygen atoms in total. The second kappa shape index (κ2) is 4.93. The minimum absolute atomic E-state index is 0.0928. The summed E-state index contributed by atoms with van der Waals surface area (Å²) in [4.78, 5) is 3.91. The van der Waals surface area contributed by atoms with E-state index >= 15 is 0 Å². The monoisotopic (exact) mass is 227 g/mol. The Morgan fingerprint density at radius 2 is 2.38 bits per heavy atom. The summed E-state index contributed by atoms with van der Waals surface area (Å²) < 4.78 is 6.92. The van der Waals surface area contributed by atoms with E-state index < -0.39 is 0 Å². The molecule has 0 aliphatic carbocycles. The fraction of sp³-hybridized carbons (Fsp3) is 0.667. The third-order valence-corrected chi connectivity index (χ3v) is 2.37. The standard InChI is InChI=1S/C9H17N5O2/c1-9(2,16-3)4-5-14-6-11-8(12-14)7(10)13-15/h6,15H,4-5H2,1-3H3,(H2,10,13). The highest BCUT2D eigenvalue weighted by molar-refractivity contribution is 5.93. The molecule has 0 bridgehead atoms. The summed E-state index contributed by atoms with van der Waals surface area (Å²) in [7, 11) is 1.67. The van der Waals surface area contributed by atoms with E-state index in [4.69, 9.17) is 15.7 Å². The lowest BCUT2D eigenvalue weighted by atomic mass is 10.1. The Labute approximate surface area is 93.9 Å². The van der Waals surface area contributed by atoms with E-state index in [2.05, 4.69) is 15.2 Å². The molecular formula is C9H17N5O2. The molecule has 1 rings (SSSR count). The Morgan fingerprint density at radius 1 is 1.69 bits per heavy atom. The quantitative estimate of drug-likeness (QED) is 0.324. The molecule has 0 fully saturated rings. The van der Waals surface area contributed by atoms with E-state index in [0.717, 1.165) is 6.42 Å². The summed E-state index contributed by atoms with van der Waals surface area (Å²) in [5.41, 5.74) is 5.15. The van der Waals surface area contributed by atoms with E-state index in [1.807, 2.05) is 13.8 Å². The van der Waals surface area contributed by atoms with E-state index in [0.29, 0.717) is 6.54 Å². The Balaban J connectivity index is 2.60. The van der Waals surface area contributed by atoms with Crippen LogP contribution in [0.15, 0.2) is 11.5 Å². The fourth-order valence-electron chi connectivity index (χ4n) is 1.05. The molecule has 0 spiro atoms. The minimum Gasteiger partial charge on any atom is -0.409 e. The van der Waals surface area contributed by atoms with E-state index in [1.54, 1.807) is 18.1 Å². The van der Waals surface area contributed by atoms with Gasteiger partial charge in [-0.25, -0.2) is 4.98 Å². The third-order valence-electron chi connectivity index (χ3n) is 2.37. The molecule has 1 aromatic rings. The molecule has 0 aliphatic rings. The van der Waals surface area contributed by atoms with Crippen molar-refractivity contribution in [3.05, 3.63) is 12.2 Å². The molecule has 0 saturated carbocycles. The van der Waals surface area contributed by atoms with Crippen molar-refractivity contribution in [3.8, 4) is 0 Å². The number of methoxy groups -OCH3 is 1. The zero-order valence-electron chi connectivity index (χ0n) is 9.71. The van der Waals surface area contributed by atoms with Crippen LogP contribution in [0.1, 0.15) is 26.1 Å². The molecular weight excluding hydrogens is 210 g/mol. The smallest absolute Gasteiger partial charge is 0.219 e. The summed E-state index contributed by atoms with van der Waals surface area (Å²) in [5, 5.41) is 15.3. The highest BCUT2D eigenvalue weighted by Gasteiger charge is 2.16. The highest BCUT2D eigenvalue weighted by atomic mass is 16.5. The molecule has 16 heavy (non-hydrogen) atoms. The van der Waals surface area contributed by atoms with Crippen LogP contribution in [0.25, 0.3) is 0 Å². The van der Waals surface area contributed by atoms with Gasteiger partial charge in [0, 0.05) is 13.7 Å². The number of nitrogens with zero attached hydrogens (tertiary/aromatic N) is 4. The molecule has 0 aliphatic heterocycles. The Morgan fingerprint density at radius 3 is 2.94 bits per heavy atom. The molecule has 3 N–H and O–H groups in total. The van der Waals surface area contributed by atoms with Crippen LogP contribution in [-0.2, 0) is 11.3 Å². The molecule has 0 atom stereocenters. The zero-order valence-corrected chi connectivity index (χ0v) is 9.71. The normalized spacial score (nSPS) is 13.1. The first-order valence-electron chi connectivity index (χ1n) is 4.91. The maximum Gasteiger partial charge on any atom is 0.219 e. The Kier molecular flexibility index (Phi) is 3.83. The molecule has 1 aromatic heterocycles. The SMILES string of the molecule is COC(C)(C)CCn1cnc(C(N)=NO)n1. The van der Waals surface area contributed by atoms with Gasteiger partial charge in [-0.05, 0) is 20.3 Å². The zero-order chi connectivity index (χ0) is 12.2. The maximum atomic E-state index is 8.45. The van der Waals surface area contributed by atoms with Crippen molar-refractivity contribution >= 4 is 5.84 Å². The Bertz CT molecular complexity index is 372. The number of rotatable bonds is 5. The topological polar surface area (TPSA) is 98.6 Å². The van der Waals surface area contributed by atoms with Crippen molar-refractivity contribution < 1.29 is 9.94 Å². The van der Waals surface area contributed by atoms with Crippen molar-refractivity contribution in [1.29, 1.82) is 0 Å². The first kappa shape index (κ1) is 12.4. The van der Waals surface area contributed by atoms with Gasteiger partial charge in [0.2, 0.25) is 11.7 Å². The number of hydrogen-bond donors (Lipinski definition) is 2. The lowest BCUT2D eigenvalue weighted by Gasteiger charge is -2.22. The van der Waals surface area contributed by atoms with Crippen molar-refractivity contribution in [2.45, 2.75) is 32.4 Å². The summed E-state index contributed by atoms with van der Waals surface area (Å²) >= 11 is 0. The molecule has 1 heterocycles. The molecule has 0 aromatic carbocycles. The van der Waals surface area contributed by atoms with Crippen molar-refractivity contribution in [3.63, 3.8) is 0 Å². The predicted octanol–water partition coefficient (Wildman–Crippen LogP) is 0.188. The molecule has 7 heteroatoms. The number of nitrogens with two attached hydrogens (primary N) is 1. The van der Waals surface area contributed by atoms with Gasteiger partial charge >= 0.3 is 0 Å². The van der Waals surface area contributed by atoms with Crippen molar-refractivity contribution in [1.82, 2.24) is 14.8 Å². The van der Waals surface area contributed by atoms with E-state index in [-0.39, 0.29) is 17.3 Å². The van der Waals surface area contributed by atoms with Gasteiger partial charge in [-0.1, -0.05) is 5.16 Å². The van der Waals surface area contributed by atoms with Gasteiger partial charge in [0.25, 0.3) is 0 Å². The van der Waals surface area contributed by atoms with Crippen LogP contribution in [-0.4, -0.2) is 38.5 Å². The number of amidine groups is 1. The second-order valence-electron chi connectivity index (χ2n) is 4.03. The van der Waals surface area contributed by atoms with Crippen LogP contribution in [0.2, 0.25) is 0 Å². The van der Waals surface area contributed by atoms with Gasteiger partial charge < -0.3 is 15.7 Å². The number of hydrogen-bond acceptors (Lipinski definition) is 5. The largest absolute Gasteiger partial charge is 0.409 e. The van der Waals surface area contributed by atoms with Gasteiger partial charge in [0.05, 0.1) is 5.60 Å². The van der Waals surface area contributed by atoms with Gasteiger partial charge in [0.1, 0.15) is 6.33 Å². The molecule has 0 unspecified atom stereocenters. The maximum absolute atomic E-state index is 8.45. The fourth-order valence-corrected chi connectivity index (χ4v) is 1.05. The molecule has 0 radical (unpaired) electrons. The first-order valence-corrected chi connectivity index (χ1v) is 4.91. The Hall–Kier alpha value is -1.63. The van der Waals surface area contributed by atoms with Gasteiger partial charge in [-0.15, -0.1) is 5.10 Å². The number of oxime groups is 1. The third kappa shape index (κ3) is 3.20. The van der Waals surface area contributed by atoms with E-state index in [9.17, 15) is 0 Å². The number of aryl methyl sites for hydroxylation is 1. The number of aromatic nitrogens is 3. The summed E-state index contributed by atoms with van der Waals surface area (Å²) in [6, 6.07) is 0. The average Bonchev–Trinajstić information content (AvgIpc) is 2.74. The van der Waals surface area contributed by atoms with Crippen molar-refractivity contribution in [2.75, 3.05) is 7.11 Å². The van der Waals surface area contributed by atoms with Gasteiger partial charge in [-0.2, -0.15) is 0 Å². The van der Waals surface area contributed by atoms with Crippen LogP contribution >= 0.6 is 0 Å². The minimum atomic E-state index is -0.206. The van der Waals surface area contributed by atoms with Gasteiger partial charge in [-0.3, -0.25) is 4.68 Å². The summed E-state index contributed by atoms with van der Waals surface area (Å²) in [5.74, 6) is 0.127. The number of ether oxygens (including phenoxy) is 1. The second-order valence-corrected chi connectivity index (χ2v) is 4.03. The highest BCUT2D eigenvalue weighted by Crippen LogP contribution is 2.13. The van der Waals surface area contributed by atoms with E-state index in [1.165, 1.54) is 0 Å². The van der Waals surface area contributed by atoms with Crippen LogP contribution < -0.4 is 5.73 Å². The van der Waals surface area contributed by atoms with Crippen LogP contribution in [0.3, 0.4) is 0 Å². The lowest BCUT2D eigenvalue weighted by molar-refractivity contribution is 0.0113. The molecule has 0 saturated heterocycles. The van der Waals surface area contributed by atoms with Crippen LogP contribution in [0.4, 0.5) is 0 Å². The predicted molar refractivity (Wildman–Crippen MR) is 58.2 cm³/mol. The lowest BCUT2D eigenvalue weighted by Crippen LogP contribution is -2.24. The van der Waals surface area contributed by atoms with Gasteiger partial charge in [0.15, 0.2) is 0 Å². The average molecular weight is 227 g/mol. The summed E-state index contributed by atoms with van der Waals surface area (Å²) in [6.45, 7) is 4.65.